The monoisotopic (exact) mass is 381 g/mol. The lowest BCUT2D eigenvalue weighted by Gasteiger charge is -2.16. The van der Waals surface area contributed by atoms with E-state index in [2.05, 4.69) is 20.5 Å². The van der Waals surface area contributed by atoms with E-state index < -0.39 is 0 Å². The van der Waals surface area contributed by atoms with Gasteiger partial charge in [-0.2, -0.15) is 0 Å². The third kappa shape index (κ3) is 5.24. The zero-order chi connectivity index (χ0) is 19.1. The van der Waals surface area contributed by atoms with Gasteiger partial charge in [0.15, 0.2) is 5.69 Å². The van der Waals surface area contributed by atoms with Crippen molar-refractivity contribution in [2.45, 2.75) is 13.0 Å². The minimum Gasteiger partial charge on any atom is -0.364 e. The largest absolute Gasteiger partial charge is 0.364 e. The van der Waals surface area contributed by atoms with Gasteiger partial charge in [-0.25, -0.2) is 0 Å². The molecule has 0 saturated heterocycles. The molecule has 7 heteroatoms. The van der Waals surface area contributed by atoms with Gasteiger partial charge in [0, 0.05) is 37.6 Å². The van der Waals surface area contributed by atoms with Gasteiger partial charge in [-0.3, -0.25) is 9.78 Å². The number of rotatable bonds is 7. The standard InChI is InChI=1S/C20H20ClN5O/c1-26(13-10-15-8-11-22-12-9-15)20(27)18-6-7-19(25-24-18)23-14-16-4-2-3-5-17(16)21/h2-9,11-12H,10,13-14H2,1H3,(H,23,25). The summed E-state index contributed by atoms with van der Waals surface area (Å²) in [5, 5.41) is 12.0. The number of hydrogen-bond donors (Lipinski definition) is 1. The number of pyridine rings is 1. The molecule has 0 unspecified atom stereocenters. The summed E-state index contributed by atoms with van der Waals surface area (Å²) in [6.07, 6.45) is 4.25. The maximum absolute atomic E-state index is 12.5. The predicted octanol–water partition coefficient (Wildman–Crippen LogP) is 3.45. The molecular weight excluding hydrogens is 362 g/mol. The molecule has 0 fully saturated rings. The lowest BCUT2D eigenvalue weighted by molar-refractivity contribution is 0.0789. The van der Waals surface area contributed by atoms with E-state index in [0.717, 1.165) is 17.5 Å². The van der Waals surface area contributed by atoms with Crippen LogP contribution in [0.1, 0.15) is 21.6 Å². The first-order valence-corrected chi connectivity index (χ1v) is 8.96. The van der Waals surface area contributed by atoms with Crippen LogP contribution in [0, 0.1) is 0 Å². The first-order valence-electron chi connectivity index (χ1n) is 8.59. The Morgan fingerprint density at radius 1 is 1.07 bits per heavy atom. The van der Waals surface area contributed by atoms with E-state index in [0.29, 0.717) is 29.6 Å². The van der Waals surface area contributed by atoms with Crippen molar-refractivity contribution in [1.29, 1.82) is 0 Å². The number of anilines is 1. The Hall–Kier alpha value is -2.99. The van der Waals surface area contributed by atoms with E-state index in [-0.39, 0.29) is 5.91 Å². The van der Waals surface area contributed by atoms with Crippen LogP contribution in [-0.4, -0.2) is 39.6 Å². The van der Waals surface area contributed by atoms with Crippen molar-refractivity contribution in [2.24, 2.45) is 0 Å². The summed E-state index contributed by atoms with van der Waals surface area (Å²) in [6, 6.07) is 14.9. The number of likely N-dealkylation sites (N-methyl/N-ethyl adjacent to an activating group) is 1. The van der Waals surface area contributed by atoms with Gasteiger partial charge in [-0.15, -0.1) is 10.2 Å². The van der Waals surface area contributed by atoms with E-state index in [1.807, 2.05) is 36.4 Å². The number of nitrogens with zero attached hydrogens (tertiary/aromatic N) is 4. The molecule has 6 nitrogen and oxygen atoms in total. The Labute approximate surface area is 163 Å². The van der Waals surface area contributed by atoms with Crippen molar-refractivity contribution in [3.05, 3.63) is 82.8 Å². The second-order valence-electron chi connectivity index (χ2n) is 6.08. The predicted molar refractivity (Wildman–Crippen MR) is 106 cm³/mol. The van der Waals surface area contributed by atoms with Crippen LogP contribution in [0.25, 0.3) is 0 Å². The Morgan fingerprint density at radius 3 is 2.56 bits per heavy atom. The van der Waals surface area contributed by atoms with Gasteiger partial charge in [0.1, 0.15) is 5.82 Å². The minimum atomic E-state index is -0.158. The zero-order valence-electron chi connectivity index (χ0n) is 15.0. The van der Waals surface area contributed by atoms with Crippen molar-refractivity contribution < 1.29 is 4.79 Å². The summed E-state index contributed by atoms with van der Waals surface area (Å²) >= 11 is 6.14. The number of benzene rings is 1. The summed E-state index contributed by atoms with van der Waals surface area (Å²) in [6.45, 7) is 1.13. The number of carbonyl (C=O) groups excluding carboxylic acids is 1. The third-order valence-corrected chi connectivity index (χ3v) is 4.50. The molecule has 0 bridgehead atoms. The van der Waals surface area contributed by atoms with Crippen LogP contribution < -0.4 is 5.32 Å². The van der Waals surface area contributed by atoms with Crippen LogP contribution in [0.4, 0.5) is 5.82 Å². The molecule has 0 radical (unpaired) electrons. The topological polar surface area (TPSA) is 71.0 Å². The number of amides is 1. The number of halogens is 1. The van der Waals surface area contributed by atoms with Crippen molar-refractivity contribution in [3.63, 3.8) is 0 Å². The molecule has 1 aromatic carbocycles. The van der Waals surface area contributed by atoms with Gasteiger partial charge in [-0.1, -0.05) is 29.8 Å². The van der Waals surface area contributed by atoms with Gasteiger partial charge in [0.05, 0.1) is 0 Å². The lowest BCUT2D eigenvalue weighted by Crippen LogP contribution is -2.29. The number of hydrogen-bond acceptors (Lipinski definition) is 5. The molecule has 0 atom stereocenters. The highest BCUT2D eigenvalue weighted by Gasteiger charge is 2.14. The average molecular weight is 382 g/mol. The SMILES string of the molecule is CN(CCc1ccncc1)C(=O)c1ccc(NCc2ccccc2Cl)nn1. The first kappa shape index (κ1) is 18.8. The molecule has 3 rings (SSSR count). The van der Waals surface area contributed by atoms with Gasteiger partial charge < -0.3 is 10.2 Å². The van der Waals surface area contributed by atoms with Gasteiger partial charge >= 0.3 is 0 Å². The van der Waals surface area contributed by atoms with Crippen LogP contribution in [0.2, 0.25) is 5.02 Å². The molecule has 0 aliphatic carbocycles. The van der Waals surface area contributed by atoms with Crippen LogP contribution in [-0.2, 0) is 13.0 Å². The fraction of sp³-hybridized carbons (Fsp3) is 0.200. The fourth-order valence-electron chi connectivity index (χ4n) is 2.51. The van der Waals surface area contributed by atoms with Crippen LogP contribution in [0.3, 0.4) is 0 Å². The van der Waals surface area contributed by atoms with Crippen LogP contribution in [0.15, 0.2) is 60.9 Å². The normalized spacial score (nSPS) is 10.4. The molecule has 0 saturated carbocycles. The summed E-state index contributed by atoms with van der Waals surface area (Å²) < 4.78 is 0. The summed E-state index contributed by atoms with van der Waals surface area (Å²) in [4.78, 5) is 18.1. The Morgan fingerprint density at radius 2 is 1.85 bits per heavy atom. The molecule has 3 aromatic rings. The average Bonchev–Trinajstić information content (AvgIpc) is 2.72. The molecule has 27 heavy (non-hydrogen) atoms. The highest BCUT2D eigenvalue weighted by atomic mass is 35.5. The number of nitrogens with one attached hydrogen (secondary N) is 1. The molecule has 0 spiro atoms. The number of carbonyl (C=O) groups is 1. The molecular formula is C20H20ClN5O. The van der Waals surface area contributed by atoms with Crippen molar-refractivity contribution in [1.82, 2.24) is 20.1 Å². The van der Waals surface area contributed by atoms with Gasteiger partial charge in [0.25, 0.3) is 5.91 Å². The molecule has 138 valence electrons. The second kappa shape index (κ2) is 9.09. The van der Waals surface area contributed by atoms with E-state index in [1.54, 1.807) is 36.5 Å². The van der Waals surface area contributed by atoms with E-state index in [9.17, 15) is 4.79 Å². The number of aromatic nitrogens is 3. The molecule has 2 heterocycles. The van der Waals surface area contributed by atoms with Crippen molar-refractivity contribution in [2.75, 3.05) is 18.9 Å². The van der Waals surface area contributed by atoms with E-state index in [1.165, 1.54) is 0 Å². The Bertz CT molecular complexity index is 886. The quantitative estimate of drug-likeness (QED) is 0.678. The summed E-state index contributed by atoms with van der Waals surface area (Å²) in [5.41, 5.74) is 2.42. The minimum absolute atomic E-state index is 0.158. The van der Waals surface area contributed by atoms with Crippen molar-refractivity contribution in [3.8, 4) is 0 Å². The third-order valence-electron chi connectivity index (χ3n) is 4.13. The maximum atomic E-state index is 12.5. The highest BCUT2D eigenvalue weighted by molar-refractivity contribution is 6.31. The van der Waals surface area contributed by atoms with E-state index >= 15 is 0 Å². The summed E-state index contributed by atoms with van der Waals surface area (Å²) in [7, 11) is 1.76. The van der Waals surface area contributed by atoms with Gasteiger partial charge in [0.2, 0.25) is 0 Å². The molecule has 0 aliphatic rings. The second-order valence-corrected chi connectivity index (χ2v) is 6.49. The Balaban J connectivity index is 1.54. The Kier molecular flexibility index (Phi) is 6.33. The van der Waals surface area contributed by atoms with Crippen LogP contribution >= 0.6 is 11.6 Å². The molecule has 0 aliphatic heterocycles. The van der Waals surface area contributed by atoms with Gasteiger partial charge in [-0.05, 0) is 47.9 Å². The maximum Gasteiger partial charge on any atom is 0.274 e. The smallest absolute Gasteiger partial charge is 0.274 e. The zero-order valence-corrected chi connectivity index (χ0v) is 15.7. The molecule has 2 aromatic heterocycles. The summed E-state index contributed by atoms with van der Waals surface area (Å²) in [5.74, 6) is 0.431. The first-order chi connectivity index (χ1) is 13.1. The lowest BCUT2D eigenvalue weighted by atomic mass is 10.2. The highest BCUT2D eigenvalue weighted by Crippen LogP contribution is 2.16. The fourth-order valence-corrected chi connectivity index (χ4v) is 2.71. The van der Waals surface area contributed by atoms with E-state index in [4.69, 9.17) is 11.6 Å². The van der Waals surface area contributed by atoms with Crippen molar-refractivity contribution >= 4 is 23.3 Å². The molecule has 1 N–H and O–H groups in total. The van der Waals surface area contributed by atoms with Crippen LogP contribution in [0.5, 0.6) is 0 Å². The molecule has 1 amide bonds.